The number of allylic oxidation sites excluding steroid dienone is 7. The van der Waals surface area contributed by atoms with Crippen molar-refractivity contribution in [1.82, 2.24) is 19.7 Å². The van der Waals surface area contributed by atoms with Gasteiger partial charge in [-0.1, -0.05) is 540 Å². The average molecular weight is 2060 g/mol. The van der Waals surface area contributed by atoms with E-state index in [2.05, 4.69) is 617 Å². The molecule has 0 aliphatic carbocycles. The molecular weight excluding hydrogens is 1780 g/mol. The Labute approximate surface area is 929 Å². The van der Waals surface area contributed by atoms with E-state index in [-0.39, 0.29) is 49.2 Å². The lowest BCUT2D eigenvalue weighted by atomic mass is 9.67. The van der Waals surface area contributed by atoms with Crippen LogP contribution in [-0.4, -0.2) is 44.2 Å². The summed E-state index contributed by atoms with van der Waals surface area (Å²) < 4.78 is 13.2. The first kappa shape index (κ1) is 158. The van der Waals surface area contributed by atoms with E-state index in [0.29, 0.717) is 94.3 Å². The van der Waals surface area contributed by atoms with E-state index in [4.69, 9.17) is 9.47 Å². The van der Waals surface area contributed by atoms with Gasteiger partial charge in [0.15, 0.2) is 0 Å². The Balaban J connectivity index is -0.000000239. The van der Waals surface area contributed by atoms with Crippen molar-refractivity contribution in [2.75, 3.05) is 13.2 Å². The van der Waals surface area contributed by atoms with E-state index < -0.39 is 0 Å². The van der Waals surface area contributed by atoms with E-state index in [1.165, 1.54) is 118 Å². The molecule has 0 spiro atoms. The maximum absolute atomic E-state index is 5.62. The van der Waals surface area contributed by atoms with Gasteiger partial charge in [0.25, 0.3) is 0 Å². The lowest BCUT2D eigenvalue weighted by Gasteiger charge is -2.38. The smallest absolute Gasteiger partial charge is 0.0654 e. The molecule has 6 nitrogen and oxygen atoms in total. The Morgan fingerprint density at radius 1 is 0.259 bits per heavy atom. The Hall–Kier alpha value is -4.39. The van der Waals surface area contributed by atoms with Crippen molar-refractivity contribution in [3.8, 4) is 0 Å². The molecule has 868 valence electrons. The maximum atomic E-state index is 5.62. The molecule has 3 heterocycles. The van der Waals surface area contributed by atoms with E-state index >= 15 is 0 Å². The van der Waals surface area contributed by atoms with Gasteiger partial charge in [0, 0.05) is 47.4 Å². The molecule has 0 fully saturated rings. The van der Waals surface area contributed by atoms with Crippen LogP contribution >= 0.6 is 0 Å². The Kier molecular flexibility index (Phi) is 71.1. The summed E-state index contributed by atoms with van der Waals surface area (Å²) in [5.74, 6) is 1.20. The molecule has 0 N–H and O–H groups in total. The Bertz CT molecular complexity index is 3740. The molecule has 0 aliphatic heterocycles. The molecule has 6 heteroatoms. The van der Waals surface area contributed by atoms with Gasteiger partial charge >= 0.3 is 0 Å². The third-order valence-corrected chi connectivity index (χ3v) is 23.9. The molecule has 0 unspecified atom stereocenters. The molecular formula is C141H272N4O2. The summed E-state index contributed by atoms with van der Waals surface area (Å²) in [7, 11) is 0. The maximum Gasteiger partial charge on any atom is 0.0654 e. The minimum absolute atomic E-state index is 0.0256. The SMILES string of the molecule is CC(C)(C)C=CCC(C)(C)C.CC(C)(C)C=CCC(C)(C)C(C)(C)C.CC(C)(C)C=CCCC(C)(C)C.CC(C)(C)C=CCOC(C)(C)C.CC(C)(C)CCC(C)(C)C.CC(C)(C)CCCC(C)(C)C.CC(C)(C)CCCCC(C)(C)C.CC(C)(C)CCCOC(C)(C)C.CC(C)(C)c1ccc(C(C)(C)C)nc1.CC(C)(C)c1ccc(C(C)(C)C)nc1.CC(C)c1ccc(C(C)(C)C)cc1.CC(C)c1cnn(C(C)(C)C)c1. The molecule has 4 aromatic rings. The number of ether oxygens (including phenoxy) is 2. The molecule has 1 aromatic carbocycles. The zero-order valence-corrected chi connectivity index (χ0v) is 114. The highest BCUT2D eigenvalue weighted by atomic mass is 16.5. The van der Waals surface area contributed by atoms with Crippen molar-refractivity contribution in [2.24, 2.45) is 81.2 Å². The van der Waals surface area contributed by atoms with Gasteiger partial charge in [-0.15, -0.1) is 0 Å². The van der Waals surface area contributed by atoms with Gasteiger partial charge in [0.2, 0.25) is 0 Å². The first-order chi connectivity index (χ1) is 64.1. The summed E-state index contributed by atoms with van der Waals surface area (Å²) >= 11 is 0. The lowest BCUT2D eigenvalue weighted by Crippen LogP contribution is -2.28. The van der Waals surface area contributed by atoms with Crippen LogP contribution in [0.3, 0.4) is 0 Å². The van der Waals surface area contributed by atoms with Crippen molar-refractivity contribution < 1.29 is 9.47 Å². The van der Waals surface area contributed by atoms with Gasteiger partial charge in [0.05, 0.1) is 29.5 Å². The van der Waals surface area contributed by atoms with Gasteiger partial charge in [-0.25, -0.2) is 0 Å². The molecule has 0 bridgehead atoms. The Morgan fingerprint density at radius 2 is 0.537 bits per heavy atom. The summed E-state index contributed by atoms with van der Waals surface area (Å²) in [4.78, 5) is 9.03. The number of nitrogens with zero attached hydrogens (tertiary/aromatic N) is 4. The number of benzene rings is 1. The zero-order valence-electron chi connectivity index (χ0n) is 114. The van der Waals surface area contributed by atoms with Gasteiger partial charge in [-0.05, 0) is 289 Å². The van der Waals surface area contributed by atoms with Crippen molar-refractivity contribution in [3.63, 3.8) is 0 Å². The highest BCUT2D eigenvalue weighted by Gasteiger charge is 2.32. The summed E-state index contributed by atoms with van der Waals surface area (Å²) in [5.41, 5.74) is 16.6. The average Bonchev–Trinajstić information content (AvgIpc) is 1.85. The molecule has 0 saturated carbocycles. The predicted octanol–water partition coefficient (Wildman–Crippen LogP) is 47.5. The van der Waals surface area contributed by atoms with Gasteiger partial charge in [0.1, 0.15) is 0 Å². The topological polar surface area (TPSA) is 62.1 Å². The monoisotopic (exact) mass is 2050 g/mol. The van der Waals surface area contributed by atoms with Crippen LogP contribution in [0.25, 0.3) is 0 Å². The van der Waals surface area contributed by atoms with Crippen LogP contribution in [-0.2, 0) is 42.1 Å². The second-order valence-corrected chi connectivity index (χ2v) is 68.7. The summed E-state index contributed by atoms with van der Waals surface area (Å²) in [6.45, 7) is 163. The molecule has 0 radical (unpaired) electrons. The molecule has 4 rings (SSSR count). The molecule has 0 atom stereocenters. The second-order valence-electron chi connectivity index (χ2n) is 68.7. The van der Waals surface area contributed by atoms with Crippen LogP contribution in [0.1, 0.15) is 646 Å². The molecule has 0 saturated heterocycles. The standard InChI is InChI=1S/C14H28.2C13H21N.C13H20.C12H26.C12H24.C11H24O.C11H22O.C11H24.C11H22.C10H18N2.C10H22/c1-12(2,3)10-9-11-14(7,8)13(4,5)6;2*1-12(2,3)10-7-8-11(14-9-10)13(4,5)6;1-10(2)11-6-8-12(9-7-11)13(3,4)5;2*1-11(2,3)9-7-8-10-12(4,5)6;2*1-10(2,3)8-7-9-12-11(4,5)6;2*1-10(2,3)8-7-9-11(4,5)6;1-8(2)9-6-11-12(7-9)10(3,4)5;1-9(2,3)7-8-10(4,5)6/h9-10H,11H2,1-8H3;2*7-9H,1-6H3;6-10H,1-5H3;7-10H2,1-6H3;7,9H,8,10H2,1-6H3;7-9H2,1-6H3;7-8H,9H2,1-6H3;7-9H2,1-6H3;7-8H,9H2,1-6H3;6-8H,1-5H3;7-8H2,1-6H3. The molecule has 0 aliphatic rings. The minimum Gasteiger partial charge on any atom is -0.376 e. The largest absolute Gasteiger partial charge is 0.376 e. The van der Waals surface area contributed by atoms with Crippen LogP contribution in [0.5, 0.6) is 0 Å². The molecule has 147 heavy (non-hydrogen) atoms. The summed E-state index contributed by atoms with van der Waals surface area (Å²) in [6, 6.07) is 17.6. The number of rotatable bonds is 18. The first-order valence-electron chi connectivity index (χ1n) is 58.2. The zero-order chi connectivity index (χ0) is 119. The summed E-state index contributed by atoms with van der Waals surface area (Å²) in [6.07, 6.45) is 45.7. The van der Waals surface area contributed by atoms with Crippen molar-refractivity contribution in [1.29, 1.82) is 0 Å². The number of unbranched alkanes of at least 4 members (excludes halogenated alkanes) is 1. The fourth-order valence-corrected chi connectivity index (χ4v) is 12.6. The number of pyridine rings is 2. The highest BCUT2D eigenvalue weighted by Crippen LogP contribution is 2.42. The minimum atomic E-state index is -0.0256. The van der Waals surface area contributed by atoms with E-state index in [1.807, 2.05) is 23.3 Å². The molecule has 0 amide bonds. The fraction of sp³-hybridized carbons (Fsp3) is 0.809. The van der Waals surface area contributed by atoms with Crippen molar-refractivity contribution in [3.05, 3.63) is 161 Å². The van der Waals surface area contributed by atoms with Crippen LogP contribution in [0.2, 0.25) is 0 Å². The molecule has 3 aromatic heterocycles. The highest BCUT2D eigenvalue weighted by molar-refractivity contribution is 5.29. The normalized spacial score (nSPS) is 13.6. The van der Waals surface area contributed by atoms with E-state index in [1.54, 1.807) is 0 Å². The van der Waals surface area contributed by atoms with Gasteiger partial charge < -0.3 is 9.47 Å². The van der Waals surface area contributed by atoms with Gasteiger partial charge in [-0.2, -0.15) is 5.10 Å². The fourth-order valence-electron chi connectivity index (χ4n) is 12.6. The number of hydrogen-bond donors (Lipinski definition) is 0. The lowest BCUT2D eigenvalue weighted by molar-refractivity contribution is -0.00721. The van der Waals surface area contributed by atoms with Crippen molar-refractivity contribution >= 4 is 0 Å². The second kappa shape index (κ2) is 66.2. The van der Waals surface area contributed by atoms with E-state index in [9.17, 15) is 0 Å². The van der Waals surface area contributed by atoms with Crippen LogP contribution in [0.15, 0.2) is 122 Å². The van der Waals surface area contributed by atoms with E-state index in [0.717, 1.165) is 24.4 Å². The number of aromatic nitrogens is 4. The van der Waals surface area contributed by atoms with Crippen LogP contribution in [0, 0.1) is 81.2 Å². The van der Waals surface area contributed by atoms with Crippen molar-refractivity contribution in [2.45, 2.75) is 650 Å². The summed E-state index contributed by atoms with van der Waals surface area (Å²) in [5, 5.41) is 4.33. The number of hydrogen-bond acceptors (Lipinski definition) is 5. The van der Waals surface area contributed by atoms with Crippen LogP contribution in [0.4, 0.5) is 0 Å². The predicted molar refractivity (Wildman–Crippen MR) is 677 cm³/mol. The third kappa shape index (κ3) is 115. The quantitative estimate of drug-likeness (QED) is 0.0734. The van der Waals surface area contributed by atoms with Crippen LogP contribution < -0.4 is 0 Å². The van der Waals surface area contributed by atoms with Gasteiger partial charge in [-0.3, -0.25) is 14.6 Å². The first-order valence-corrected chi connectivity index (χ1v) is 58.2. The Morgan fingerprint density at radius 3 is 0.769 bits per heavy atom. The third-order valence-electron chi connectivity index (χ3n) is 23.9.